The number of nitrogens with two attached hydrogens (primary N) is 2. The lowest BCUT2D eigenvalue weighted by Gasteiger charge is -2.37. The molecule has 0 atom stereocenters. The van der Waals surface area contributed by atoms with E-state index in [1.54, 1.807) is 35.2 Å². The summed E-state index contributed by atoms with van der Waals surface area (Å²) >= 11 is 0. The SMILES string of the molecule is Nc1ccc(N=Nc2ccccc2OC(=O)N2CCC(N3CCCCCC3)CC2)c(N)c1. The maximum atomic E-state index is 12.8. The number of amides is 1. The van der Waals surface area contributed by atoms with Crippen LogP contribution in [0.3, 0.4) is 0 Å². The van der Waals surface area contributed by atoms with E-state index in [4.69, 9.17) is 16.2 Å². The van der Waals surface area contributed by atoms with E-state index >= 15 is 0 Å². The Morgan fingerprint density at radius 3 is 2.28 bits per heavy atom. The number of carbonyl (C=O) groups is 1. The molecule has 2 fully saturated rings. The highest BCUT2D eigenvalue weighted by Gasteiger charge is 2.28. The number of nitrogen functional groups attached to an aromatic ring is 2. The van der Waals surface area contributed by atoms with Crippen molar-refractivity contribution in [3.05, 3.63) is 42.5 Å². The Morgan fingerprint density at radius 2 is 1.56 bits per heavy atom. The van der Waals surface area contributed by atoms with Crippen molar-refractivity contribution in [1.82, 2.24) is 9.80 Å². The average Bonchev–Trinajstić information content (AvgIpc) is 3.09. The Morgan fingerprint density at radius 1 is 0.875 bits per heavy atom. The first-order valence-corrected chi connectivity index (χ1v) is 11.5. The van der Waals surface area contributed by atoms with Gasteiger partial charge in [-0.15, -0.1) is 10.2 Å². The van der Waals surface area contributed by atoms with Gasteiger partial charge in [0.2, 0.25) is 0 Å². The largest absolute Gasteiger partial charge is 0.415 e. The molecule has 2 aliphatic rings. The van der Waals surface area contributed by atoms with Gasteiger partial charge in [-0.1, -0.05) is 25.0 Å². The number of hydrogen-bond acceptors (Lipinski definition) is 7. The molecule has 4 N–H and O–H groups in total. The summed E-state index contributed by atoms with van der Waals surface area (Å²) in [5, 5.41) is 8.45. The molecular formula is C24H32N6O2. The number of piperidine rings is 1. The number of likely N-dealkylation sites (tertiary alicyclic amines) is 2. The zero-order valence-corrected chi connectivity index (χ0v) is 18.4. The normalized spacial score (nSPS) is 18.6. The quantitative estimate of drug-likeness (QED) is 0.511. The van der Waals surface area contributed by atoms with Crippen LogP contribution in [-0.2, 0) is 0 Å². The molecule has 0 aliphatic carbocycles. The summed E-state index contributed by atoms with van der Waals surface area (Å²) in [5.74, 6) is 0.380. The minimum atomic E-state index is -0.339. The van der Waals surface area contributed by atoms with Gasteiger partial charge in [-0.3, -0.25) is 0 Å². The van der Waals surface area contributed by atoms with Crippen molar-refractivity contribution in [2.24, 2.45) is 10.2 Å². The molecule has 2 aromatic carbocycles. The summed E-state index contributed by atoms with van der Waals surface area (Å²) in [4.78, 5) is 17.2. The van der Waals surface area contributed by atoms with Gasteiger partial charge in [0.15, 0.2) is 5.75 Å². The fourth-order valence-corrected chi connectivity index (χ4v) is 4.43. The van der Waals surface area contributed by atoms with Crippen LogP contribution in [0.15, 0.2) is 52.7 Å². The van der Waals surface area contributed by atoms with Gasteiger partial charge in [0.25, 0.3) is 0 Å². The summed E-state index contributed by atoms with van der Waals surface area (Å²) in [6, 6.07) is 12.7. The minimum absolute atomic E-state index is 0.339. The predicted octanol–water partition coefficient (Wildman–Crippen LogP) is 5.11. The summed E-state index contributed by atoms with van der Waals surface area (Å²) in [7, 11) is 0. The highest BCUT2D eigenvalue weighted by atomic mass is 16.6. The van der Waals surface area contributed by atoms with Crippen LogP contribution in [0, 0.1) is 0 Å². The van der Waals surface area contributed by atoms with Gasteiger partial charge >= 0.3 is 6.09 Å². The van der Waals surface area contributed by atoms with Gasteiger partial charge < -0.3 is 26.0 Å². The molecule has 4 rings (SSSR count). The second-order valence-corrected chi connectivity index (χ2v) is 8.52. The smallest absolute Gasteiger partial charge is 0.408 e. The van der Waals surface area contributed by atoms with Crippen LogP contribution in [0.1, 0.15) is 38.5 Å². The molecule has 8 heteroatoms. The van der Waals surface area contributed by atoms with Crippen molar-refractivity contribution in [3.63, 3.8) is 0 Å². The number of ether oxygens (including phenoxy) is 1. The molecule has 32 heavy (non-hydrogen) atoms. The van der Waals surface area contributed by atoms with Crippen molar-refractivity contribution in [3.8, 4) is 5.75 Å². The Balaban J connectivity index is 1.36. The van der Waals surface area contributed by atoms with Gasteiger partial charge in [-0.05, 0) is 69.1 Å². The zero-order valence-electron chi connectivity index (χ0n) is 18.4. The van der Waals surface area contributed by atoms with Crippen LogP contribution in [0.4, 0.5) is 27.5 Å². The molecule has 0 aromatic heterocycles. The summed E-state index contributed by atoms with van der Waals surface area (Å²) in [5.41, 5.74) is 13.7. The van der Waals surface area contributed by atoms with Crippen LogP contribution in [0.25, 0.3) is 0 Å². The fraction of sp³-hybridized carbons (Fsp3) is 0.458. The molecule has 0 spiro atoms. The second-order valence-electron chi connectivity index (χ2n) is 8.52. The number of carbonyl (C=O) groups excluding carboxylic acids is 1. The Hall–Kier alpha value is -3.13. The molecule has 2 aliphatic heterocycles. The minimum Gasteiger partial charge on any atom is -0.408 e. The van der Waals surface area contributed by atoms with E-state index in [1.807, 2.05) is 12.1 Å². The molecule has 2 aromatic rings. The van der Waals surface area contributed by atoms with Gasteiger partial charge in [0, 0.05) is 24.8 Å². The molecule has 2 saturated heterocycles. The molecule has 0 unspecified atom stereocenters. The number of rotatable bonds is 4. The first kappa shape index (κ1) is 22.1. The first-order chi connectivity index (χ1) is 15.6. The molecule has 0 radical (unpaired) electrons. The molecule has 1 amide bonds. The summed E-state index contributed by atoms with van der Waals surface area (Å²) in [6.07, 6.45) is 6.89. The van der Waals surface area contributed by atoms with Crippen LogP contribution < -0.4 is 16.2 Å². The van der Waals surface area contributed by atoms with Gasteiger partial charge in [0.05, 0.1) is 5.69 Å². The monoisotopic (exact) mass is 436 g/mol. The number of nitrogens with zero attached hydrogens (tertiary/aromatic N) is 4. The average molecular weight is 437 g/mol. The Bertz CT molecular complexity index is 947. The summed E-state index contributed by atoms with van der Waals surface area (Å²) in [6.45, 7) is 3.80. The molecule has 170 valence electrons. The maximum absolute atomic E-state index is 12.8. The number of para-hydroxylation sites is 1. The molecule has 0 saturated carbocycles. The summed E-state index contributed by atoms with van der Waals surface area (Å²) < 4.78 is 5.69. The third kappa shape index (κ3) is 5.56. The third-order valence-electron chi connectivity index (χ3n) is 6.26. The molecule has 8 nitrogen and oxygen atoms in total. The van der Waals surface area contributed by atoms with E-state index in [0.717, 1.165) is 12.8 Å². The highest BCUT2D eigenvalue weighted by Crippen LogP contribution is 2.32. The van der Waals surface area contributed by atoms with Gasteiger partial charge in [-0.2, -0.15) is 0 Å². The fourth-order valence-electron chi connectivity index (χ4n) is 4.43. The van der Waals surface area contributed by atoms with Crippen LogP contribution in [0.5, 0.6) is 5.75 Å². The van der Waals surface area contributed by atoms with E-state index in [9.17, 15) is 4.79 Å². The van der Waals surface area contributed by atoms with Crippen molar-refractivity contribution < 1.29 is 9.53 Å². The Labute approximate surface area is 189 Å². The molecule has 2 heterocycles. The van der Waals surface area contributed by atoms with Crippen molar-refractivity contribution in [2.75, 3.05) is 37.6 Å². The van der Waals surface area contributed by atoms with E-state index in [0.29, 0.717) is 47.6 Å². The zero-order chi connectivity index (χ0) is 22.3. The molecule has 0 bridgehead atoms. The standard InChI is InChI=1S/C24H32N6O2/c25-18-9-10-21(20(26)17-18)27-28-22-7-3-4-8-23(22)32-24(31)30-15-11-19(12-16-30)29-13-5-1-2-6-14-29/h3-4,7-10,17,19H,1-2,5-6,11-16,25-26H2. The highest BCUT2D eigenvalue weighted by molar-refractivity contribution is 5.73. The first-order valence-electron chi connectivity index (χ1n) is 11.5. The van der Waals surface area contributed by atoms with E-state index in [-0.39, 0.29) is 6.09 Å². The van der Waals surface area contributed by atoms with Crippen LogP contribution in [0.2, 0.25) is 0 Å². The van der Waals surface area contributed by atoms with Crippen LogP contribution >= 0.6 is 0 Å². The Kier molecular flexibility index (Phi) is 7.21. The topological polar surface area (TPSA) is 110 Å². The van der Waals surface area contributed by atoms with E-state index < -0.39 is 0 Å². The van der Waals surface area contributed by atoms with Crippen molar-refractivity contribution in [2.45, 2.75) is 44.6 Å². The number of hydrogen-bond donors (Lipinski definition) is 2. The maximum Gasteiger partial charge on any atom is 0.415 e. The number of anilines is 2. The lowest BCUT2D eigenvalue weighted by Crippen LogP contribution is -2.47. The van der Waals surface area contributed by atoms with Gasteiger partial charge in [-0.25, -0.2) is 4.79 Å². The predicted molar refractivity (Wildman–Crippen MR) is 127 cm³/mol. The van der Waals surface area contributed by atoms with Crippen molar-refractivity contribution in [1.29, 1.82) is 0 Å². The van der Waals surface area contributed by atoms with E-state index in [2.05, 4.69) is 15.1 Å². The van der Waals surface area contributed by atoms with E-state index in [1.165, 1.54) is 38.8 Å². The van der Waals surface area contributed by atoms with Crippen molar-refractivity contribution >= 4 is 28.8 Å². The number of azo groups is 1. The number of benzene rings is 2. The lowest BCUT2D eigenvalue weighted by atomic mass is 10.0. The lowest BCUT2D eigenvalue weighted by molar-refractivity contribution is 0.100. The van der Waals surface area contributed by atoms with Gasteiger partial charge in [0.1, 0.15) is 11.4 Å². The third-order valence-corrected chi connectivity index (χ3v) is 6.26. The van der Waals surface area contributed by atoms with Crippen LogP contribution in [-0.4, -0.2) is 48.1 Å². The second kappa shape index (κ2) is 10.5. The molecular weight excluding hydrogens is 404 g/mol.